The second-order valence-corrected chi connectivity index (χ2v) is 9.62. The van der Waals surface area contributed by atoms with E-state index in [0.717, 1.165) is 36.1 Å². The fourth-order valence-corrected chi connectivity index (χ4v) is 5.79. The van der Waals surface area contributed by atoms with Crippen LogP contribution in [0, 0.1) is 5.92 Å². The van der Waals surface area contributed by atoms with Gasteiger partial charge in [0.25, 0.3) is 0 Å². The molecule has 0 unspecified atom stereocenters. The number of fused-ring (bicyclic) bond motifs is 3. The van der Waals surface area contributed by atoms with E-state index in [1.54, 1.807) is 7.11 Å². The van der Waals surface area contributed by atoms with E-state index in [2.05, 4.69) is 13.8 Å². The van der Waals surface area contributed by atoms with Crippen molar-refractivity contribution in [3.63, 3.8) is 0 Å². The lowest BCUT2D eigenvalue weighted by molar-refractivity contribution is -0.150. The Balaban J connectivity index is 1.53. The summed E-state index contributed by atoms with van der Waals surface area (Å²) in [6, 6.07) is 4.03. The molecule has 0 N–H and O–H groups in total. The molecule has 0 bridgehead atoms. The maximum Gasteiger partial charge on any atom is 0.306 e. The van der Waals surface area contributed by atoms with E-state index in [-0.39, 0.29) is 24.6 Å². The van der Waals surface area contributed by atoms with Gasteiger partial charge >= 0.3 is 5.97 Å². The summed E-state index contributed by atoms with van der Waals surface area (Å²) < 4.78 is 23.1. The van der Waals surface area contributed by atoms with Gasteiger partial charge < -0.3 is 23.8 Å². The molecule has 3 atom stereocenters. The van der Waals surface area contributed by atoms with Gasteiger partial charge in [-0.15, -0.1) is 0 Å². The van der Waals surface area contributed by atoms with Crippen LogP contribution in [0.4, 0.5) is 0 Å². The van der Waals surface area contributed by atoms with Crippen molar-refractivity contribution in [2.45, 2.75) is 69.9 Å². The zero-order chi connectivity index (χ0) is 22.5. The van der Waals surface area contributed by atoms with Crippen molar-refractivity contribution >= 4 is 11.9 Å². The third kappa shape index (κ3) is 3.33. The summed E-state index contributed by atoms with van der Waals surface area (Å²) in [6.07, 6.45) is 5.51. The molecule has 5 rings (SSSR count). The first-order chi connectivity index (χ1) is 15.4. The smallest absolute Gasteiger partial charge is 0.306 e. The number of hydrogen-bond donors (Lipinski definition) is 0. The highest BCUT2D eigenvalue weighted by atomic mass is 16.7. The maximum absolute atomic E-state index is 12.9. The van der Waals surface area contributed by atoms with Crippen LogP contribution in [0.25, 0.3) is 0 Å². The predicted octanol–water partition coefficient (Wildman–Crippen LogP) is 3.70. The summed E-state index contributed by atoms with van der Waals surface area (Å²) in [5.74, 6) is 2.28. The Labute approximate surface area is 188 Å². The van der Waals surface area contributed by atoms with Crippen LogP contribution in [0.15, 0.2) is 24.0 Å². The van der Waals surface area contributed by atoms with E-state index in [1.807, 2.05) is 23.1 Å². The van der Waals surface area contributed by atoms with E-state index < -0.39 is 11.6 Å². The lowest BCUT2D eigenvalue weighted by Gasteiger charge is -2.39. The number of benzene rings is 1. The number of nitrogens with zero attached hydrogens (tertiary/aromatic N) is 1. The molecule has 0 saturated carbocycles. The Morgan fingerprint density at radius 3 is 2.78 bits per heavy atom. The number of carbonyl (C=O) groups excluding carboxylic acids is 2. The molecule has 1 fully saturated rings. The largest absolute Gasteiger partial charge is 0.497 e. The number of esters is 1. The third-order valence-corrected chi connectivity index (χ3v) is 7.29. The molecule has 7 nitrogen and oxygen atoms in total. The minimum Gasteiger partial charge on any atom is -0.497 e. The van der Waals surface area contributed by atoms with Crippen LogP contribution in [0.2, 0.25) is 0 Å². The van der Waals surface area contributed by atoms with Crippen LogP contribution in [0.3, 0.4) is 0 Å². The van der Waals surface area contributed by atoms with Crippen LogP contribution < -0.4 is 9.47 Å². The average Bonchev–Trinajstić information content (AvgIpc) is 3.39. The van der Waals surface area contributed by atoms with Crippen LogP contribution in [0.5, 0.6) is 11.5 Å². The van der Waals surface area contributed by atoms with Crippen LogP contribution >= 0.6 is 0 Å². The van der Waals surface area contributed by atoms with E-state index >= 15 is 0 Å². The van der Waals surface area contributed by atoms with Gasteiger partial charge in [0, 0.05) is 19.4 Å². The molecule has 1 aliphatic carbocycles. The van der Waals surface area contributed by atoms with Crippen molar-refractivity contribution in [3.8, 4) is 11.5 Å². The topological polar surface area (TPSA) is 74.3 Å². The Kier molecular flexibility index (Phi) is 5.30. The number of ether oxygens (including phenoxy) is 4. The number of carbonyl (C=O) groups is 2. The average molecular weight is 442 g/mol. The molecule has 1 saturated heterocycles. The monoisotopic (exact) mass is 441 g/mol. The van der Waals surface area contributed by atoms with E-state index in [4.69, 9.17) is 18.9 Å². The molecule has 3 aliphatic heterocycles. The molecule has 0 aromatic heterocycles. The summed E-state index contributed by atoms with van der Waals surface area (Å²) in [7, 11) is 1.61. The molecule has 7 heteroatoms. The molecule has 3 heterocycles. The minimum absolute atomic E-state index is 0.137. The summed E-state index contributed by atoms with van der Waals surface area (Å²) in [5, 5.41) is 0. The predicted molar refractivity (Wildman–Crippen MR) is 116 cm³/mol. The van der Waals surface area contributed by atoms with Gasteiger partial charge in [0.05, 0.1) is 18.6 Å². The van der Waals surface area contributed by atoms with Gasteiger partial charge in [-0.3, -0.25) is 9.59 Å². The van der Waals surface area contributed by atoms with Crippen molar-refractivity contribution in [2.75, 3.05) is 20.4 Å². The molecule has 4 aliphatic rings. The van der Waals surface area contributed by atoms with Crippen molar-refractivity contribution in [3.05, 3.63) is 35.1 Å². The van der Waals surface area contributed by atoms with Crippen LogP contribution in [-0.2, 0) is 25.5 Å². The van der Waals surface area contributed by atoms with E-state index in [1.165, 1.54) is 0 Å². The molecule has 1 spiro atoms. The second kappa shape index (κ2) is 8.01. The normalized spacial score (nSPS) is 27.6. The fraction of sp³-hybridized carbons (Fsp3) is 0.600. The van der Waals surface area contributed by atoms with Crippen molar-refractivity contribution in [2.24, 2.45) is 5.92 Å². The summed E-state index contributed by atoms with van der Waals surface area (Å²) >= 11 is 0. The molecule has 32 heavy (non-hydrogen) atoms. The van der Waals surface area contributed by atoms with E-state index in [0.29, 0.717) is 43.2 Å². The molecule has 1 aromatic carbocycles. The Hall–Kier alpha value is -2.70. The van der Waals surface area contributed by atoms with Gasteiger partial charge in [0.1, 0.15) is 5.76 Å². The van der Waals surface area contributed by atoms with Gasteiger partial charge in [0.2, 0.25) is 12.7 Å². The summed E-state index contributed by atoms with van der Waals surface area (Å²) in [6.45, 7) is 5.12. The van der Waals surface area contributed by atoms with Gasteiger partial charge in [-0.05, 0) is 54.5 Å². The van der Waals surface area contributed by atoms with Crippen molar-refractivity contribution < 1.29 is 28.5 Å². The zero-order valence-corrected chi connectivity index (χ0v) is 19.0. The fourth-order valence-electron chi connectivity index (χ4n) is 5.79. The van der Waals surface area contributed by atoms with Crippen LogP contribution in [-0.4, -0.2) is 48.9 Å². The number of amides is 1. The molecular formula is C25H31NO6. The highest BCUT2D eigenvalue weighted by molar-refractivity contribution is 5.82. The van der Waals surface area contributed by atoms with Gasteiger partial charge in [-0.1, -0.05) is 20.3 Å². The third-order valence-electron chi connectivity index (χ3n) is 7.29. The quantitative estimate of drug-likeness (QED) is 0.627. The van der Waals surface area contributed by atoms with Crippen molar-refractivity contribution in [1.82, 2.24) is 4.90 Å². The van der Waals surface area contributed by atoms with Crippen molar-refractivity contribution in [1.29, 1.82) is 0 Å². The standard InChI is InChI=1S/C25H31NO6/c1-15(2)5-4-6-22(28)32-24-20(29-3)13-25-9-7-21(27)26(25)10-8-16-11-18-19(31-14-30-18)12-17(16)23(24)25/h11-13,15,23-24H,4-10,14H2,1-3H3/t23-,24-,25+/m1/s1. The summed E-state index contributed by atoms with van der Waals surface area (Å²) in [5.41, 5.74) is 1.60. The number of hydrogen-bond acceptors (Lipinski definition) is 6. The lowest BCUT2D eigenvalue weighted by atomic mass is 9.77. The molecule has 1 aromatic rings. The zero-order valence-electron chi connectivity index (χ0n) is 19.0. The van der Waals surface area contributed by atoms with Gasteiger partial charge in [0.15, 0.2) is 17.6 Å². The first kappa shape index (κ1) is 21.2. The molecule has 172 valence electrons. The van der Waals surface area contributed by atoms with Gasteiger partial charge in [-0.2, -0.15) is 0 Å². The Morgan fingerprint density at radius 2 is 2.03 bits per heavy atom. The SMILES string of the molecule is COC1=C[C@]23CCC(=O)N2CCc2cc4c(cc2[C@@H]3[C@@H]1OC(=O)CCCC(C)C)OCO4. The second-order valence-electron chi connectivity index (χ2n) is 9.62. The lowest BCUT2D eigenvalue weighted by Crippen LogP contribution is -2.48. The molecule has 1 amide bonds. The maximum atomic E-state index is 12.9. The Morgan fingerprint density at radius 1 is 1.25 bits per heavy atom. The number of rotatable bonds is 6. The van der Waals surface area contributed by atoms with Crippen LogP contribution in [0.1, 0.15) is 63.0 Å². The first-order valence-corrected chi connectivity index (χ1v) is 11.6. The highest BCUT2D eigenvalue weighted by Gasteiger charge is 2.60. The summed E-state index contributed by atoms with van der Waals surface area (Å²) in [4.78, 5) is 27.7. The minimum atomic E-state index is -0.572. The Bertz CT molecular complexity index is 969. The van der Waals surface area contributed by atoms with Gasteiger partial charge in [-0.25, -0.2) is 0 Å². The first-order valence-electron chi connectivity index (χ1n) is 11.6. The molecular weight excluding hydrogens is 410 g/mol. The molecule has 0 radical (unpaired) electrons. The van der Waals surface area contributed by atoms with E-state index in [9.17, 15) is 9.59 Å². The number of methoxy groups -OCH3 is 1. The highest BCUT2D eigenvalue weighted by Crippen LogP contribution is 2.55.